The van der Waals surface area contributed by atoms with E-state index >= 15 is 0 Å². The maximum atomic E-state index is 13.9. The molecule has 4 rings (SSSR count). The Morgan fingerprint density at radius 2 is 1.15 bits per heavy atom. The summed E-state index contributed by atoms with van der Waals surface area (Å²) in [6, 6.07) is 25.6. The molecule has 0 atom stereocenters. The molecule has 8 heteroatoms. The second-order valence-corrected chi connectivity index (χ2v) is 9.40. The number of allylic oxidation sites excluding steroid dienone is 2. The molecule has 8 nitrogen and oxygen atoms in total. The van der Waals surface area contributed by atoms with Crippen molar-refractivity contribution in [3.63, 3.8) is 0 Å². The van der Waals surface area contributed by atoms with Crippen molar-refractivity contribution in [2.75, 3.05) is 39.9 Å². The van der Waals surface area contributed by atoms with Crippen molar-refractivity contribution in [2.45, 2.75) is 13.1 Å². The number of rotatable bonds is 12. The fourth-order valence-corrected chi connectivity index (χ4v) is 4.77. The van der Waals surface area contributed by atoms with E-state index in [4.69, 9.17) is 0 Å². The Morgan fingerprint density at radius 3 is 1.69 bits per heavy atom. The lowest BCUT2D eigenvalue weighted by molar-refractivity contribution is -0.129. The fourth-order valence-electron chi connectivity index (χ4n) is 4.77. The molecular formula is C31H33N3O5. The highest BCUT2D eigenvalue weighted by Gasteiger charge is 2.38. The molecule has 0 saturated carbocycles. The number of hydrogen-bond donors (Lipinski definition) is 2. The Hall–Kier alpha value is -4.11. The minimum Gasteiger partial charge on any atom is -0.395 e. The fraction of sp³-hybridized carbons (Fsp3) is 0.258. The van der Waals surface area contributed by atoms with E-state index in [1.165, 1.54) is 11.9 Å². The molecule has 1 amide bonds. The summed E-state index contributed by atoms with van der Waals surface area (Å²) in [5.41, 5.74) is 2.45. The van der Waals surface area contributed by atoms with E-state index in [1.807, 2.05) is 60.7 Å². The van der Waals surface area contributed by atoms with Gasteiger partial charge in [0.15, 0.2) is 0 Å². The van der Waals surface area contributed by atoms with Crippen LogP contribution in [0, 0.1) is 0 Å². The number of likely N-dealkylation sites (N-methyl/N-ethyl adjacent to an activating group) is 1. The van der Waals surface area contributed by atoms with Gasteiger partial charge in [0.05, 0.1) is 19.8 Å². The van der Waals surface area contributed by atoms with Crippen LogP contribution in [0.4, 0.5) is 0 Å². The van der Waals surface area contributed by atoms with E-state index in [0.717, 1.165) is 11.1 Å². The van der Waals surface area contributed by atoms with Gasteiger partial charge in [-0.3, -0.25) is 19.3 Å². The molecule has 0 radical (unpaired) electrons. The van der Waals surface area contributed by atoms with Crippen molar-refractivity contribution >= 4 is 17.5 Å². The first-order valence-corrected chi connectivity index (χ1v) is 12.9. The average Bonchev–Trinajstić information content (AvgIpc) is 2.95. The summed E-state index contributed by atoms with van der Waals surface area (Å²) < 4.78 is 0. The van der Waals surface area contributed by atoms with Crippen LogP contribution >= 0.6 is 0 Å². The van der Waals surface area contributed by atoms with Crippen LogP contribution in [0.2, 0.25) is 0 Å². The predicted octanol–water partition coefficient (Wildman–Crippen LogP) is 2.72. The van der Waals surface area contributed by atoms with Gasteiger partial charge in [-0.15, -0.1) is 0 Å². The molecule has 0 spiro atoms. The highest BCUT2D eigenvalue weighted by molar-refractivity contribution is 6.27. The average molecular weight is 528 g/mol. The molecule has 0 aliphatic heterocycles. The summed E-state index contributed by atoms with van der Waals surface area (Å²) in [5, 5.41) is 19.5. The van der Waals surface area contributed by atoms with Crippen molar-refractivity contribution < 1.29 is 24.6 Å². The van der Waals surface area contributed by atoms with Crippen molar-refractivity contribution in [2.24, 2.45) is 0 Å². The Balaban J connectivity index is 1.72. The highest BCUT2D eigenvalue weighted by atomic mass is 16.3. The maximum absolute atomic E-state index is 13.9. The molecule has 202 valence electrons. The smallest absolute Gasteiger partial charge is 0.241 e. The van der Waals surface area contributed by atoms with Crippen molar-refractivity contribution in [1.29, 1.82) is 0 Å². The van der Waals surface area contributed by atoms with Gasteiger partial charge in [-0.25, -0.2) is 0 Å². The third kappa shape index (κ3) is 6.49. The van der Waals surface area contributed by atoms with Crippen molar-refractivity contribution in [3.05, 3.63) is 119 Å². The minimum atomic E-state index is -0.427. The molecule has 0 fully saturated rings. The van der Waals surface area contributed by atoms with Crippen molar-refractivity contribution in [3.8, 4) is 0 Å². The largest absolute Gasteiger partial charge is 0.395 e. The lowest BCUT2D eigenvalue weighted by Crippen LogP contribution is -2.45. The molecule has 0 aromatic heterocycles. The van der Waals surface area contributed by atoms with Crippen LogP contribution < -0.4 is 0 Å². The number of carbonyl (C=O) groups excluding carboxylic acids is 3. The summed E-state index contributed by atoms with van der Waals surface area (Å²) in [6.45, 7) is 0.629. The van der Waals surface area contributed by atoms with E-state index in [2.05, 4.69) is 0 Å². The zero-order valence-corrected chi connectivity index (χ0v) is 22.0. The quantitative estimate of drug-likeness (QED) is 0.374. The van der Waals surface area contributed by atoms with Gasteiger partial charge in [-0.1, -0.05) is 84.9 Å². The zero-order chi connectivity index (χ0) is 27.8. The molecule has 3 aromatic carbocycles. The zero-order valence-electron chi connectivity index (χ0n) is 22.0. The van der Waals surface area contributed by atoms with Gasteiger partial charge in [-0.2, -0.15) is 0 Å². The van der Waals surface area contributed by atoms with Crippen LogP contribution in [0.3, 0.4) is 0 Å². The van der Waals surface area contributed by atoms with Gasteiger partial charge in [-0.05, 0) is 11.1 Å². The van der Waals surface area contributed by atoms with Crippen LogP contribution in [0.1, 0.15) is 31.8 Å². The number of carbonyl (C=O) groups is 3. The lowest BCUT2D eigenvalue weighted by Gasteiger charge is -2.34. The van der Waals surface area contributed by atoms with Gasteiger partial charge < -0.3 is 20.0 Å². The van der Waals surface area contributed by atoms with E-state index in [0.29, 0.717) is 6.54 Å². The molecule has 2 N–H and O–H groups in total. The summed E-state index contributed by atoms with van der Waals surface area (Å²) in [5.74, 6) is -1.19. The Bertz CT molecular complexity index is 1340. The first-order valence-electron chi connectivity index (χ1n) is 12.9. The van der Waals surface area contributed by atoms with Crippen LogP contribution in [0.25, 0.3) is 0 Å². The minimum absolute atomic E-state index is 0.0169. The monoisotopic (exact) mass is 527 g/mol. The van der Waals surface area contributed by atoms with Crippen LogP contribution in [-0.2, 0) is 17.9 Å². The summed E-state index contributed by atoms with van der Waals surface area (Å²) in [7, 11) is 1.50. The van der Waals surface area contributed by atoms with Crippen LogP contribution in [0.5, 0.6) is 0 Å². The number of Topliss-reactive ketones (excluding diaryl/α,β-unsaturated/α-hetero) is 2. The summed E-state index contributed by atoms with van der Waals surface area (Å²) >= 11 is 0. The van der Waals surface area contributed by atoms with Gasteiger partial charge in [0.25, 0.3) is 0 Å². The van der Waals surface area contributed by atoms with E-state index in [1.54, 1.807) is 34.1 Å². The summed E-state index contributed by atoms with van der Waals surface area (Å²) in [4.78, 5) is 46.0. The van der Waals surface area contributed by atoms with Crippen molar-refractivity contribution in [1.82, 2.24) is 14.7 Å². The topological polar surface area (TPSA) is 101 Å². The van der Waals surface area contributed by atoms with Gasteiger partial charge in [0.1, 0.15) is 11.4 Å². The number of fused-ring (bicyclic) bond motifs is 1. The number of aliphatic hydroxyl groups excluding tert-OH is 2. The third-order valence-corrected chi connectivity index (χ3v) is 6.71. The molecule has 39 heavy (non-hydrogen) atoms. The highest BCUT2D eigenvalue weighted by Crippen LogP contribution is 2.31. The molecule has 0 unspecified atom stereocenters. The number of amides is 1. The maximum Gasteiger partial charge on any atom is 0.241 e. The van der Waals surface area contributed by atoms with E-state index in [-0.39, 0.29) is 67.7 Å². The third-order valence-electron chi connectivity index (χ3n) is 6.71. The lowest BCUT2D eigenvalue weighted by atomic mass is 9.89. The molecule has 0 bridgehead atoms. The number of benzene rings is 3. The molecule has 3 aromatic rings. The Morgan fingerprint density at radius 1 is 0.667 bits per heavy atom. The van der Waals surface area contributed by atoms with Gasteiger partial charge >= 0.3 is 0 Å². The SMILES string of the molecule is CN(C(=O)CN(CCO)Cc1ccccc1)C1=C(N(CCO)Cc2ccccc2)C(=O)c2ccccc2C1=O. The predicted molar refractivity (Wildman–Crippen MR) is 148 cm³/mol. The molecule has 1 aliphatic rings. The van der Waals surface area contributed by atoms with E-state index < -0.39 is 11.7 Å². The van der Waals surface area contributed by atoms with Gasteiger partial charge in [0.2, 0.25) is 17.5 Å². The molecule has 1 aliphatic carbocycles. The second kappa shape index (κ2) is 13.1. The molecule has 0 saturated heterocycles. The van der Waals surface area contributed by atoms with Crippen LogP contribution in [-0.4, -0.2) is 82.3 Å². The number of aliphatic hydroxyl groups is 2. The molecular weight excluding hydrogens is 494 g/mol. The summed E-state index contributed by atoms with van der Waals surface area (Å²) in [6.07, 6.45) is 0. The molecule has 0 heterocycles. The van der Waals surface area contributed by atoms with Gasteiger partial charge in [0, 0.05) is 44.4 Å². The standard InChI is InChI=1S/C31H33N3O5/c1-32(27(37)22-33(16-18-35)20-23-10-4-2-5-11-23)28-29(31(39)26-15-9-8-14-25(26)30(28)38)34(17-19-36)21-24-12-6-3-7-13-24/h2-15,35-36H,16-22H2,1H3. The number of nitrogens with zero attached hydrogens (tertiary/aromatic N) is 3. The first-order chi connectivity index (χ1) is 18.9. The first kappa shape index (κ1) is 27.9. The second-order valence-electron chi connectivity index (χ2n) is 9.40. The number of ketones is 2. The van der Waals surface area contributed by atoms with E-state index in [9.17, 15) is 24.6 Å². The Kier molecular flexibility index (Phi) is 9.38. The van der Waals surface area contributed by atoms with Crippen LogP contribution in [0.15, 0.2) is 96.3 Å². The number of hydrogen-bond acceptors (Lipinski definition) is 7. The Labute approximate surface area is 228 Å². The normalized spacial score (nSPS) is 13.0.